The van der Waals surface area contributed by atoms with Gasteiger partial charge in [0.25, 0.3) is 5.91 Å². The second-order valence-electron chi connectivity index (χ2n) is 5.30. The summed E-state index contributed by atoms with van der Waals surface area (Å²) in [6, 6.07) is 2.50. The molecule has 0 aliphatic heterocycles. The van der Waals surface area contributed by atoms with Gasteiger partial charge in [0, 0.05) is 0 Å². The Labute approximate surface area is 142 Å². The van der Waals surface area contributed by atoms with E-state index in [1.807, 2.05) is 5.32 Å². The Kier molecular flexibility index (Phi) is 6.96. The van der Waals surface area contributed by atoms with Crippen molar-refractivity contribution in [3.63, 3.8) is 0 Å². The molecule has 1 aromatic rings. The van der Waals surface area contributed by atoms with Crippen molar-refractivity contribution in [2.24, 2.45) is 5.92 Å². The molecule has 1 rings (SSSR count). The standard InChI is InChI=1S/C16H18F3NO5/c1-3-25-15(24)9(2)8-12(14(22)23)20-13(21)10-6-4-5-7-11(10)16(17,18)19/h4-7,9,12H,3,8H2,1-2H3,(H,20,21)(H,22,23)/t9-,12-/m0/s1. The molecular formula is C16H18F3NO5. The minimum atomic E-state index is -4.76. The minimum Gasteiger partial charge on any atom is -0.480 e. The number of alkyl halides is 3. The van der Waals surface area contributed by atoms with E-state index >= 15 is 0 Å². The van der Waals surface area contributed by atoms with E-state index in [0.29, 0.717) is 0 Å². The van der Waals surface area contributed by atoms with Crippen molar-refractivity contribution in [2.45, 2.75) is 32.5 Å². The van der Waals surface area contributed by atoms with Crippen molar-refractivity contribution in [3.8, 4) is 0 Å². The fourth-order valence-electron chi connectivity index (χ4n) is 2.12. The van der Waals surface area contributed by atoms with Crippen LogP contribution >= 0.6 is 0 Å². The van der Waals surface area contributed by atoms with Gasteiger partial charge in [0.05, 0.1) is 23.7 Å². The van der Waals surface area contributed by atoms with Crippen molar-refractivity contribution in [3.05, 3.63) is 35.4 Å². The van der Waals surface area contributed by atoms with E-state index in [2.05, 4.69) is 0 Å². The zero-order chi connectivity index (χ0) is 19.2. The number of aliphatic carboxylic acids is 1. The zero-order valence-corrected chi connectivity index (χ0v) is 13.6. The third kappa shape index (κ3) is 5.77. The van der Waals surface area contributed by atoms with Crippen LogP contribution in [0.4, 0.5) is 13.2 Å². The molecule has 0 saturated heterocycles. The summed E-state index contributed by atoms with van der Waals surface area (Å²) in [6.07, 6.45) is -5.07. The average molecular weight is 361 g/mol. The van der Waals surface area contributed by atoms with E-state index in [1.54, 1.807) is 6.92 Å². The summed E-state index contributed by atoms with van der Waals surface area (Å²) in [5.41, 5.74) is -1.86. The number of carboxylic acid groups (broad SMARTS) is 1. The van der Waals surface area contributed by atoms with E-state index in [0.717, 1.165) is 18.2 Å². The number of carbonyl (C=O) groups excluding carboxylic acids is 2. The average Bonchev–Trinajstić information content (AvgIpc) is 2.53. The largest absolute Gasteiger partial charge is 0.480 e. The van der Waals surface area contributed by atoms with E-state index in [4.69, 9.17) is 9.84 Å². The van der Waals surface area contributed by atoms with Crippen LogP contribution in [-0.4, -0.2) is 35.6 Å². The maximum Gasteiger partial charge on any atom is 0.417 e. The summed E-state index contributed by atoms with van der Waals surface area (Å²) in [7, 11) is 0. The summed E-state index contributed by atoms with van der Waals surface area (Å²) in [4.78, 5) is 35.0. The molecule has 0 aromatic heterocycles. The number of nitrogens with one attached hydrogen (secondary N) is 1. The summed E-state index contributed by atoms with van der Waals surface area (Å²) in [6.45, 7) is 3.09. The van der Waals surface area contributed by atoms with Gasteiger partial charge in [-0.25, -0.2) is 4.79 Å². The Morgan fingerprint density at radius 1 is 1.24 bits per heavy atom. The lowest BCUT2D eigenvalue weighted by Gasteiger charge is -2.19. The molecule has 0 unspecified atom stereocenters. The number of hydrogen-bond donors (Lipinski definition) is 2. The third-order valence-corrected chi connectivity index (χ3v) is 3.36. The number of carbonyl (C=O) groups is 3. The van der Waals surface area contributed by atoms with Crippen LogP contribution in [-0.2, 0) is 20.5 Å². The maximum atomic E-state index is 12.9. The number of esters is 1. The number of rotatable bonds is 7. The van der Waals surface area contributed by atoms with Gasteiger partial charge in [-0.3, -0.25) is 9.59 Å². The molecule has 6 nitrogen and oxygen atoms in total. The first-order chi connectivity index (χ1) is 11.6. The molecule has 2 atom stereocenters. The van der Waals surface area contributed by atoms with Crippen LogP contribution in [0.2, 0.25) is 0 Å². The molecule has 1 aromatic carbocycles. The molecule has 0 fully saturated rings. The van der Waals surface area contributed by atoms with Gasteiger partial charge in [0.1, 0.15) is 6.04 Å². The molecule has 138 valence electrons. The molecule has 25 heavy (non-hydrogen) atoms. The Balaban J connectivity index is 2.95. The smallest absolute Gasteiger partial charge is 0.417 e. The highest BCUT2D eigenvalue weighted by Crippen LogP contribution is 2.31. The molecule has 2 N–H and O–H groups in total. The third-order valence-electron chi connectivity index (χ3n) is 3.36. The summed E-state index contributed by atoms with van der Waals surface area (Å²) in [5, 5.41) is 11.2. The summed E-state index contributed by atoms with van der Waals surface area (Å²) in [5.74, 6) is -4.15. The van der Waals surface area contributed by atoms with Crippen molar-refractivity contribution in [2.75, 3.05) is 6.61 Å². The number of ether oxygens (including phenoxy) is 1. The van der Waals surface area contributed by atoms with Crippen molar-refractivity contribution < 1.29 is 37.4 Å². The molecule has 0 spiro atoms. The molecule has 0 radical (unpaired) electrons. The van der Waals surface area contributed by atoms with Gasteiger partial charge in [0.2, 0.25) is 0 Å². The first kappa shape index (κ1) is 20.5. The lowest BCUT2D eigenvalue weighted by atomic mass is 10.0. The van der Waals surface area contributed by atoms with E-state index in [1.165, 1.54) is 13.0 Å². The first-order valence-corrected chi connectivity index (χ1v) is 7.44. The number of hydrogen-bond acceptors (Lipinski definition) is 4. The Morgan fingerprint density at radius 2 is 1.84 bits per heavy atom. The van der Waals surface area contributed by atoms with E-state index in [9.17, 15) is 27.6 Å². The van der Waals surface area contributed by atoms with Crippen LogP contribution in [0.15, 0.2) is 24.3 Å². The maximum absolute atomic E-state index is 12.9. The summed E-state index contributed by atoms with van der Waals surface area (Å²) < 4.78 is 43.6. The SMILES string of the molecule is CCOC(=O)[C@@H](C)C[C@H](NC(=O)c1ccccc1C(F)(F)F)C(=O)O. The molecular weight excluding hydrogens is 343 g/mol. The molecule has 0 aliphatic carbocycles. The van der Waals surface area contributed by atoms with E-state index in [-0.39, 0.29) is 13.0 Å². The summed E-state index contributed by atoms with van der Waals surface area (Å²) >= 11 is 0. The number of amides is 1. The lowest BCUT2D eigenvalue weighted by molar-refractivity contribution is -0.148. The van der Waals surface area contributed by atoms with Crippen molar-refractivity contribution in [1.29, 1.82) is 0 Å². The van der Waals surface area contributed by atoms with Crippen LogP contribution in [0.5, 0.6) is 0 Å². The monoisotopic (exact) mass is 361 g/mol. The lowest BCUT2D eigenvalue weighted by Crippen LogP contribution is -2.43. The quantitative estimate of drug-likeness (QED) is 0.728. The van der Waals surface area contributed by atoms with Gasteiger partial charge in [-0.15, -0.1) is 0 Å². The molecule has 0 aliphatic rings. The highest BCUT2D eigenvalue weighted by Gasteiger charge is 2.36. The topological polar surface area (TPSA) is 92.7 Å². The fourth-order valence-corrected chi connectivity index (χ4v) is 2.12. The second-order valence-corrected chi connectivity index (χ2v) is 5.30. The zero-order valence-electron chi connectivity index (χ0n) is 13.6. The molecule has 0 saturated carbocycles. The number of carboxylic acids is 1. The highest BCUT2D eigenvalue weighted by atomic mass is 19.4. The predicted molar refractivity (Wildman–Crippen MR) is 80.7 cm³/mol. The molecule has 0 bridgehead atoms. The molecule has 9 heteroatoms. The number of halogens is 3. The van der Waals surface area contributed by atoms with Crippen LogP contribution in [0.25, 0.3) is 0 Å². The van der Waals surface area contributed by atoms with Crippen LogP contribution in [0.1, 0.15) is 36.2 Å². The second kappa shape index (κ2) is 8.50. The Hall–Kier alpha value is -2.58. The van der Waals surface area contributed by atoms with Gasteiger partial charge in [-0.1, -0.05) is 19.1 Å². The van der Waals surface area contributed by atoms with Gasteiger partial charge < -0.3 is 15.2 Å². The number of benzene rings is 1. The van der Waals surface area contributed by atoms with Crippen molar-refractivity contribution >= 4 is 17.8 Å². The van der Waals surface area contributed by atoms with Gasteiger partial charge in [0.15, 0.2) is 0 Å². The molecule has 0 heterocycles. The normalized spacial score (nSPS) is 13.6. The fraction of sp³-hybridized carbons (Fsp3) is 0.438. The predicted octanol–water partition coefficient (Wildman–Crippen LogP) is 2.48. The van der Waals surface area contributed by atoms with Gasteiger partial charge in [-0.2, -0.15) is 13.2 Å². The first-order valence-electron chi connectivity index (χ1n) is 7.44. The van der Waals surface area contributed by atoms with Gasteiger partial charge >= 0.3 is 18.1 Å². The minimum absolute atomic E-state index is 0.103. The van der Waals surface area contributed by atoms with Gasteiger partial charge in [-0.05, 0) is 25.5 Å². The Morgan fingerprint density at radius 3 is 2.36 bits per heavy atom. The molecule has 1 amide bonds. The highest BCUT2D eigenvalue weighted by molar-refractivity contribution is 5.98. The van der Waals surface area contributed by atoms with Crippen LogP contribution in [0, 0.1) is 5.92 Å². The van der Waals surface area contributed by atoms with E-state index < -0.39 is 47.1 Å². The Bertz CT molecular complexity index is 645. The van der Waals surface area contributed by atoms with Crippen LogP contribution in [0.3, 0.4) is 0 Å². The van der Waals surface area contributed by atoms with Crippen molar-refractivity contribution in [1.82, 2.24) is 5.32 Å². The van der Waals surface area contributed by atoms with Crippen LogP contribution < -0.4 is 5.32 Å².